The molecule has 0 unspecified atom stereocenters. The Balaban J connectivity index is 1.76. The molecular weight excluding hydrogens is 323 g/mol. The Bertz CT molecular complexity index is 801. The summed E-state index contributed by atoms with van der Waals surface area (Å²) < 4.78 is 21.4. The lowest BCUT2D eigenvalue weighted by atomic mass is 10.1. The van der Waals surface area contributed by atoms with Crippen LogP contribution in [0.1, 0.15) is 26.6 Å². The molecule has 2 aromatic heterocycles. The van der Waals surface area contributed by atoms with Crippen LogP contribution in [0.2, 0.25) is 0 Å². The Morgan fingerprint density at radius 3 is 2.91 bits per heavy atom. The van der Waals surface area contributed by atoms with E-state index in [2.05, 4.69) is 19.0 Å². The van der Waals surface area contributed by atoms with Gasteiger partial charge < -0.3 is 0 Å². The number of halogens is 1. The highest BCUT2D eigenvalue weighted by Crippen LogP contribution is 2.26. The first kappa shape index (κ1) is 14.7. The molecule has 1 aromatic carbocycles. The average molecular weight is 334 g/mol. The van der Waals surface area contributed by atoms with Gasteiger partial charge >= 0.3 is 0 Å². The highest BCUT2D eigenvalue weighted by atomic mass is 32.1. The standard InChI is InChI=1S/C14H11FN4OS2/c1-8-12(6-9-4-2-3-5-10(9)15)21-14(17-8)18-13(20)11-7-16-22-19-11/h2-5,7H,6H2,1H3,(H,17,18,20). The van der Waals surface area contributed by atoms with E-state index in [1.54, 1.807) is 18.2 Å². The summed E-state index contributed by atoms with van der Waals surface area (Å²) in [6.45, 7) is 1.84. The molecule has 0 saturated carbocycles. The van der Waals surface area contributed by atoms with Gasteiger partial charge in [-0.25, -0.2) is 9.37 Å². The smallest absolute Gasteiger partial charge is 0.278 e. The summed E-state index contributed by atoms with van der Waals surface area (Å²) in [7, 11) is 0. The minimum atomic E-state index is -0.347. The number of carbonyl (C=O) groups excluding carboxylic acids is 1. The van der Waals surface area contributed by atoms with E-state index in [1.165, 1.54) is 23.6 Å². The van der Waals surface area contributed by atoms with E-state index in [-0.39, 0.29) is 17.4 Å². The predicted molar refractivity (Wildman–Crippen MR) is 83.9 cm³/mol. The summed E-state index contributed by atoms with van der Waals surface area (Å²) in [6.07, 6.45) is 1.85. The number of amides is 1. The van der Waals surface area contributed by atoms with Gasteiger partial charge in [0.1, 0.15) is 5.82 Å². The number of thiazole rings is 1. The van der Waals surface area contributed by atoms with Crippen molar-refractivity contribution in [2.45, 2.75) is 13.3 Å². The zero-order valence-corrected chi connectivity index (χ0v) is 13.2. The number of benzene rings is 1. The van der Waals surface area contributed by atoms with Crippen LogP contribution in [0, 0.1) is 12.7 Å². The summed E-state index contributed by atoms with van der Waals surface area (Å²) in [4.78, 5) is 17.1. The van der Waals surface area contributed by atoms with E-state index >= 15 is 0 Å². The maximum absolute atomic E-state index is 13.7. The van der Waals surface area contributed by atoms with Crippen LogP contribution in [-0.4, -0.2) is 19.6 Å². The van der Waals surface area contributed by atoms with Crippen molar-refractivity contribution in [3.63, 3.8) is 0 Å². The number of carbonyl (C=O) groups is 1. The zero-order chi connectivity index (χ0) is 15.5. The molecule has 3 aromatic rings. The van der Waals surface area contributed by atoms with Crippen LogP contribution in [0.4, 0.5) is 9.52 Å². The van der Waals surface area contributed by atoms with E-state index in [9.17, 15) is 9.18 Å². The SMILES string of the molecule is Cc1nc(NC(=O)c2cnsn2)sc1Cc1ccccc1F. The monoisotopic (exact) mass is 334 g/mol. The van der Waals surface area contributed by atoms with Crippen molar-refractivity contribution in [2.24, 2.45) is 0 Å². The summed E-state index contributed by atoms with van der Waals surface area (Å²) in [6, 6.07) is 6.63. The van der Waals surface area contributed by atoms with Gasteiger partial charge in [-0.05, 0) is 18.6 Å². The molecule has 0 spiro atoms. The van der Waals surface area contributed by atoms with Crippen molar-refractivity contribution >= 4 is 34.1 Å². The van der Waals surface area contributed by atoms with Crippen LogP contribution in [0.5, 0.6) is 0 Å². The number of rotatable bonds is 4. The molecule has 0 atom stereocenters. The lowest BCUT2D eigenvalue weighted by Gasteiger charge is -2.00. The first-order valence-electron chi connectivity index (χ1n) is 6.42. The second kappa shape index (κ2) is 6.29. The maximum Gasteiger partial charge on any atom is 0.278 e. The average Bonchev–Trinajstić information content (AvgIpc) is 3.12. The summed E-state index contributed by atoms with van der Waals surface area (Å²) in [5, 5.41) is 3.16. The minimum Gasteiger partial charge on any atom is -0.296 e. The Labute approximate surface area is 134 Å². The topological polar surface area (TPSA) is 67.8 Å². The molecule has 3 rings (SSSR count). The molecule has 0 aliphatic rings. The van der Waals surface area contributed by atoms with Gasteiger partial charge in [-0.15, -0.1) is 11.3 Å². The van der Waals surface area contributed by atoms with Gasteiger partial charge in [0.2, 0.25) is 0 Å². The van der Waals surface area contributed by atoms with E-state index < -0.39 is 0 Å². The Morgan fingerprint density at radius 2 is 2.18 bits per heavy atom. The fourth-order valence-corrected chi connectivity index (χ4v) is 3.28. The Hall–Kier alpha value is -2.19. The molecule has 1 N–H and O–H groups in total. The first-order chi connectivity index (χ1) is 10.6. The molecular formula is C14H11FN4OS2. The normalized spacial score (nSPS) is 10.6. The van der Waals surface area contributed by atoms with Crippen molar-refractivity contribution in [3.05, 3.63) is 58.1 Å². The molecule has 0 saturated heterocycles. The van der Waals surface area contributed by atoms with Gasteiger partial charge in [0.25, 0.3) is 5.91 Å². The van der Waals surface area contributed by atoms with E-state index in [1.807, 2.05) is 6.92 Å². The van der Waals surface area contributed by atoms with Gasteiger partial charge in [0.05, 0.1) is 23.6 Å². The summed E-state index contributed by atoms with van der Waals surface area (Å²) in [5.74, 6) is -0.589. The van der Waals surface area contributed by atoms with Crippen molar-refractivity contribution < 1.29 is 9.18 Å². The van der Waals surface area contributed by atoms with Crippen LogP contribution in [0.15, 0.2) is 30.5 Å². The third kappa shape index (κ3) is 3.18. The number of hydrogen-bond donors (Lipinski definition) is 1. The Morgan fingerprint density at radius 1 is 1.36 bits per heavy atom. The van der Waals surface area contributed by atoms with Crippen molar-refractivity contribution in [3.8, 4) is 0 Å². The van der Waals surface area contributed by atoms with Crippen LogP contribution < -0.4 is 5.32 Å². The predicted octanol–water partition coefficient (Wildman–Crippen LogP) is 3.29. The molecule has 8 heteroatoms. The minimum absolute atomic E-state index is 0.241. The van der Waals surface area contributed by atoms with E-state index in [0.29, 0.717) is 17.1 Å². The molecule has 22 heavy (non-hydrogen) atoms. The van der Waals surface area contributed by atoms with Gasteiger partial charge in [0.15, 0.2) is 10.8 Å². The fourth-order valence-electron chi connectivity index (χ4n) is 1.89. The molecule has 112 valence electrons. The second-order valence-electron chi connectivity index (χ2n) is 4.54. The number of hydrogen-bond acceptors (Lipinski definition) is 6. The van der Waals surface area contributed by atoms with Crippen LogP contribution >= 0.6 is 23.1 Å². The number of aryl methyl sites for hydroxylation is 1. The van der Waals surface area contributed by atoms with E-state index in [0.717, 1.165) is 22.3 Å². The van der Waals surface area contributed by atoms with Crippen molar-refractivity contribution in [2.75, 3.05) is 5.32 Å². The molecule has 0 aliphatic carbocycles. The number of anilines is 1. The molecule has 0 aliphatic heterocycles. The number of nitrogens with zero attached hydrogens (tertiary/aromatic N) is 3. The molecule has 0 radical (unpaired) electrons. The van der Waals surface area contributed by atoms with Gasteiger partial charge in [-0.1, -0.05) is 18.2 Å². The van der Waals surface area contributed by atoms with Crippen molar-refractivity contribution in [1.82, 2.24) is 13.7 Å². The quantitative estimate of drug-likeness (QED) is 0.795. The highest BCUT2D eigenvalue weighted by Gasteiger charge is 2.14. The van der Waals surface area contributed by atoms with Gasteiger partial charge in [-0.3, -0.25) is 10.1 Å². The van der Waals surface area contributed by atoms with Crippen LogP contribution in [0.3, 0.4) is 0 Å². The summed E-state index contributed by atoms with van der Waals surface area (Å²) >= 11 is 2.30. The van der Waals surface area contributed by atoms with Gasteiger partial charge in [-0.2, -0.15) is 8.75 Å². The lowest BCUT2D eigenvalue weighted by Crippen LogP contribution is -2.11. The fraction of sp³-hybridized carbons (Fsp3) is 0.143. The summed E-state index contributed by atoms with van der Waals surface area (Å²) in [5.41, 5.74) is 1.64. The lowest BCUT2D eigenvalue weighted by molar-refractivity contribution is 0.102. The molecule has 1 amide bonds. The van der Waals surface area contributed by atoms with E-state index in [4.69, 9.17) is 0 Å². The first-order valence-corrected chi connectivity index (χ1v) is 7.97. The number of aromatic nitrogens is 3. The van der Waals surface area contributed by atoms with Gasteiger partial charge in [0, 0.05) is 11.3 Å². The highest BCUT2D eigenvalue weighted by molar-refractivity contribution is 7.15. The third-order valence-corrected chi connectivity index (χ3v) is 4.57. The molecule has 0 fully saturated rings. The zero-order valence-electron chi connectivity index (χ0n) is 11.5. The van der Waals surface area contributed by atoms with Crippen LogP contribution in [-0.2, 0) is 6.42 Å². The largest absolute Gasteiger partial charge is 0.296 e. The molecule has 2 heterocycles. The number of nitrogens with one attached hydrogen (secondary N) is 1. The van der Waals surface area contributed by atoms with Crippen molar-refractivity contribution in [1.29, 1.82) is 0 Å². The maximum atomic E-state index is 13.7. The second-order valence-corrected chi connectivity index (χ2v) is 6.18. The third-order valence-electron chi connectivity index (χ3n) is 3.02. The van der Waals surface area contributed by atoms with Crippen LogP contribution in [0.25, 0.3) is 0 Å². The molecule has 5 nitrogen and oxygen atoms in total. The molecule has 0 bridgehead atoms. The Kier molecular flexibility index (Phi) is 4.21.